The van der Waals surface area contributed by atoms with Crippen LogP contribution in [-0.4, -0.2) is 43.4 Å². The van der Waals surface area contributed by atoms with E-state index >= 15 is 0 Å². The Balaban J connectivity index is 2.09. The monoisotopic (exact) mass is 307 g/mol. The summed E-state index contributed by atoms with van der Waals surface area (Å²) in [6.07, 6.45) is -4.03. The van der Waals surface area contributed by atoms with Crippen LogP contribution >= 0.6 is 0 Å². The van der Waals surface area contributed by atoms with Crippen molar-refractivity contribution in [3.63, 3.8) is 0 Å². The average Bonchev–Trinajstić information content (AvgIpc) is 2.46. The molecule has 0 fully saturated rings. The summed E-state index contributed by atoms with van der Waals surface area (Å²) in [5.74, 6) is -5.67. The Morgan fingerprint density at radius 3 is 2.52 bits per heavy atom. The van der Waals surface area contributed by atoms with Gasteiger partial charge in [-0.3, -0.25) is 4.79 Å². The molecule has 116 valence electrons. The van der Waals surface area contributed by atoms with E-state index in [1.54, 1.807) is 12.1 Å². The molecule has 0 spiro atoms. The number of carbonyl (C=O) groups is 1. The Morgan fingerprint density at radius 2 is 1.90 bits per heavy atom. The smallest absolute Gasteiger partial charge is 0.383 e. The summed E-state index contributed by atoms with van der Waals surface area (Å²) >= 11 is 0. The van der Waals surface area contributed by atoms with Gasteiger partial charge in [0.1, 0.15) is 13.2 Å². The lowest BCUT2D eigenvalue weighted by molar-refractivity contribution is -0.179. The predicted molar refractivity (Wildman–Crippen MR) is 64.9 cm³/mol. The molecule has 8 heteroatoms. The van der Waals surface area contributed by atoms with E-state index in [0.29, 0.717) is 35.2 Å². The number of hydrogen-bond acceptors (Lipinski definition) is 3. The second kappa shape index (κ2) is 5.79. The van der Waals surface area contributed by atoms with Crippen molar-refractivity contribution in [1.29, 1.82) is 0 Å². The quantitative estimate of drug-likeness (QED) is 0.801. The molecule has 1 aliphatic rings. The highest BCUT2D eigenvalue weighted by Crippen LogP contribution is 2.31. The van der Waals surface area contributed by atoms with Crippen LogP contribution in [0.1, 0.15) is 5.56 Å². The minimum absolute atomic E-state index is 0.238. The standard InChI is InChI=1S/C13H13F4NO3/c1-18(12(19)13(16,17)11(14)15)7-8-2-3-9-10(6-8)21-5-4-20-9/h2-3,6,11H,4-5,7H2,1H3. The Hall–Kier alpha value is -1.99. The van der Waals surface area contributed by atoms with Gasteiger partial charge in [-0.25, -0.2) is 8.78 Å². The maximum absolute atomic E-state index is 13.0. The van der Waals surface area contributed by atoms with Gasteiger partial charge in [-0.05, 0) is 17.7 Å². The molecule has 0 bridgehead atoms. The van der Waals surface area contributed by atoms with Gasteiger partial charge >= 0.3 is 12.3 Å². The average molecular weight is 307 g/mol. The molecule has 0 atom stereocenters. The van der Waals surface area contributed by atoms with Crippen LogP contribution in [0.15, 0.2) is 18.2 Å². The molecule has 0 unspecified atom stereocenters. The predicted octanol–water partition coefficient (Wildman–Crippen LogP) is 2.32. The third-order valence-electron chi connectivity index (χ3n) is 2.93. The summed E-state index contributed by atoms with van der Waals surface area (Å²) in [6.45, 7) is 0.526. The first-order valence-corrected chi connectivity index (χ1v) is 6.12. The van der Waals surface area contributed by atoms with Gasteiger partial charge in [-0.15, -0.1) is 0 Å². The van der Waals surface area contributed by atoms with E-state index in [2.05, 4.69) is 0 Å². The molecule has 0 aromatic heterocycles. The molecule has 4 nitrogen and oxygen atoms in total. The summed E-state index contributed by atoms with van der Waals surface area (Å²) in [7, 11) is 1.04. The molecule has 0 radical (unpaired) electrons. The minimum atomic E-state index is -4.69. The third-order valence-corrected chi connectivity index (χ3v) is 2.93. The number of benzene rings is 1. The molecule has 0 aliphatic carbocycles. The second-order valence-corrected chi connectivity index (χ2v) is 4.56. The lowest BCUT2D eigenvalue weighted by Crippen LogP contribution is -2.45. The summed E-state index contributed by atoms with van der Waals surface area (Å²) in [5.41, 5.74) is 0.472. The first-order valence-electron chi connectivity index (χ1n) is 6.12. The van der Waals surface area contributed by atoms with E-state index < -0.39 is 18.3 Å². The number of amides is 1. The zero-order chi connectivity index (χ0) is 15.6. The van der Waals surface area contributed by atoms with E-state index in [-0.39, 0.29) is 6.54 Å². The molecule has 0 saturated carbocycles. The molecule has 1 aromatic carbocycles. The largest absolute Gasteiger partial charge is 0.486 e. The Labute approximate surface area is 118 Å². The normalized spacial score (nSPS) is 14.2. The molecule has 1 heterocycles. The van der Waals surface area contributed by atoms with Gasteiger partial charge in [-0.1, -0.05) is 6.07 Å². The Morgan fingerprint density at radius 1 is 1.29 bits per heavy atom. The summed E-state index contributed by atoms with van der Waals surface area (Å²) in [6, 6.07) is 4.66. The fourth-order valence-electron chi connectivity index (χ4n) is 1.88. The van der Waals surface area contributed by atoms with Crippen molar-refractivity contribution in [3.8, 4) is 11.5 Å². The maximum Gasteiger partial charge on any atom is 0.383 e. The Bertz CT molecular complexity index is 536. The molecule has 1 amide bonds. The SMILES string of the molecule is CN(Cc1ccc2c(c1)OCCO2)C(=O)C(F)(F)C(F)F. The van der Waals surface area contributed by atoms with Crippen molar-refractivity contribution in [2.45, 2.75) is 18.9 Å². The van der Waals surface area contributed by atoms with Gasteiger partial charge in [0.25, 0.3) is 5.91 Å². The molecular weight excluding hydrogens is 294 g/mol. The van der Waals surface area contributed by atoms with Crippen LogP contribution in [0.3, 0.4) is 0 Å². The van der Waals surface area contributed by atoms with Gasteiger partial charge in [0, 0.05) is 13.6 Å². The van der Waals surface area contributed by atoms with Crippen LogP contribution in [-0.2, 0) is 11.3 Å². The number of nitrogens with zero attached hydrogens (tertiary/aromatic N) is 1. The van der Waals surface area contributed by atoms with Crippen molar-refractivity contribution in [2.75, 3.05) is 20.3 Å². The first-order chi connectivity index (χ1) is 9.82. The topological polar surface area (TPSA) is 38.8 Å². The first kappa shape index (κ1) is 15.4. The second-order valence-electron chi connectivity index (χ2n) is 4.56. The highest BCUT2D eigenvalue weighted by molar-refractivity contribution is 5.83. The van der Waals surface area contributed by atoms with Crippen molar-refractivity contribution in [2.24, 2.45) is 0 Å². The van der Waals surface area contributed by atoms with E-state index in [1.807, 2.05) is 0 Å². The fraction of sp³-hybridized carbons (Fsp3) is 0.462. The van der Waals surface area contributed by atoms with E-state index in [9.17, 15) is 22.4 Å². The summed E-state index contributed by atoms with van der Waals surface area (Å²) < 4.78 is 60.9. The number of fused-ring (bicyclic) bond motifs is 1. The molecule has 0 saturated heterocycles. The zero-order valence-electron chi connectivity index (χ0n) is 11.1. The van der Waals surface area contributed by atoms with Crippen molar-refractivity contribution >= 4 is 5.91 Å². The minimum Gasteiger partial charge on any atom is -0.486 e. The number of halogens is 4. The van der Waals surface area contributed by atoms with E-state index in [0.717, 1.165) is 7.05 Å². The summed E-state index contributed by atoms with van der Waals surface area (Å²) in [4.78, 5) is 11.9. The van der Waals surface area contributed by atoms with Crippen LogP contribution in [0.2, 0.25) is 0 Å². The molecule has 21 heavy (non-hydrogen) atoms. The highest BCUT2D eigenvalue weighted by atomic mass is 19.3. The molecular formula is C13H13F4NO3. The number of rotatable bonds is 4. The lowest BCUT2D eigenvalue weighted by Gasteiger charge is -2.24. The van der Waals surface area contributed by atoms with Crippen LogP contribution in [0.5, 0.6) is 11.5 Å². The van der Waals surface area contributed by atoms with E-state index in [4.69, 9.17) is 9.47 Å². The van der Waals surface area contributed by atoms with Crippen molar-refractivity contribution < 1.29 is 31.8 Å². The van der Waals surface area contributed by atoms with Gasteiger partial charge < -0.3 is 14.4 Å². The van der Waals surface area contributed by atoms with Gasteiger partial charge in [-0.2, -0.15) is 8.78 Å². The number of hydrogen-bond donors (Lipinski definition) is 0. The third kappa shape index (κ3) is 3.20. The lowest BCUT2D eigenvalue weighted by atomic mass is 10.1. The van der Waals surface area contributed by atoms with Crippen LogP contribution in [0.4, 0.5) is 17.6 Å². The van der Waals surface area contributed by atoms with Gasteiger partial charge in [0.2, 0.25) is 0 Å². The fourth-order valence-corrected chi connectivity index (χ4v) is 1.88. The highest BCUT2D eigenvalue weighted by Gasteiger charge is 2.50. The maximum atomic E-state index is 13.0. The van der Waals surface area contributed by atoms with E-state index in [1.165, 1.54) is 6.07 Å². The van der Waals surface area contributed by atoms with Gasteiger partial charge in [0.15, 0.2) is 11.5 Å². The molecule has 0 N–H and O–H groups in total. The summed E-state index contributed by atoms with van der Waals surface area (Å²) in [5, 5.41) is 0. The zero-order valence-corrected chi connectivity index (χ0v) is 11.1. The Kier molecular flexibility index (Phi) is 4.24. The molecule has 1 aliphatic heterocycles. The number of alkyl halides is 4. The van der Waals surface area contributed by atoms with Crippen LogP contribution in [0.25, 0.3) is 0 Å². The van der Waals surface area contributed by atoms with Gasteiger partial charge in [0.05, 0.1) is 0 Å². The molecule has 2 rings (SSSR count). The number of carbonyl (C=O) groups excluding carboxylic acids is 1. The van der Waals surface area contributed by atoms with Crippen molar-refractivity contribution in [1.82, 2.24) is 4.90 Å². The van der Waals surface area contributed by atoms with Crippen LogP contribution in [0, 0.1) is 0 Å². The molecule has 1 aromatic rings. The van der Waals surface area contributed by atoms with Crippen molar-refractivity contribution in [3.05, 3.63) is 23.8 Å². The number of ether oxygens (including phenoxy) is 2. The van der Waals surface area contributed by atoms with Crippen LogP contribution < -0.4 is 9.47 Å².